The van der Waals surface area contributed by atoms with Crippen LogP contribution in [0.4, 0.5) is 19.0 Å². The topological polar surface area (TPSA) is 73.0 Å². The molecule has 1 aromatic carbocycles. The highest BCUT2D eigenvalue weighted by atomic mass is 19.4. The number of halogens is 3. The maximum absolute atomic E-state index is 13.4. The number of hydrogen-bond acceptors (Lipinski definition) is 5. The van der Waals surface area contributed by atoms with Crippen LogP contribution < -0.4 is 16.0 Å². The van der Waals surface area contributed by atoms with E-state index >= 15 is 0 Å². The Hall–Kier alpha value is -3.17. The first-order valence-corrected chi connectivity index (χ1v) is 10.7. The van der Waals surface area contributed by atoms with E-state index in [-0.39, 0.29) is 22.6 Å². The molecule has 2 aromatic heterocycles. The molecular weight excluding hydrogens is 423 g/mol. The molecule has 7 nitrogen and oxygen atoms in total. The van der Waals surface area contributed by atoms with Gasteiger partial charge in [-0.2, -0.15) is 13.2 Å². The van der Waals surface area contributed by atoms with Gasteiger partial charge in [0.25, 0.3) is 11.1 Å². The lowest BCUT2D eigenvalue weighted by Gasteiger charge is -2.27. The zero-order valence-corrected chi connectivity index (χ0v) is 17.3. The average molecular weight is 445 g/mol. The molecule has 0 spiro atoms. The molecule has 2 fully saturated rings. The fraction of sp³-hybridized carbons (Fsp3) is 0.455. The molecule has 1 aliphatic carbocycles. The first-order chi connectivity index (χ1) is 15.3. The van der Waals surface area contributed by atoms with Gasteiger partial charge in [-0.25, -0.2) is 9.97 Å². The minimum absolute atomic E-state index is 0.0160. The van der Waals surface area contributed by atoms with Gasteiger partial charge in [0.2, 0.25) is 0 Å². The second kappa shape index (κ2) is 7.75. The van der Waals surface area contributed by atoms with Crippen molar-refractivity contribution in [2.45, 2.75) is 51.0 Å². The summed E-state index contributed by atoms with van der Waals surface area (Å²) in [7, 11) is 0. The maximum atomic E-state index is 13.4. The number of aromatic nitrogens is 4. The number of para-hydroxylation sites is 1. The van der Waals surface area contributed by atoms with Crippen molar-refractivity contribution in [1.82, 2.24) is 19.1 Å². The van der Waals surface area contributed by atoms with Gasteiger partial charge in [-0.3, -0.25) is 14.2 Å². The Balaban J connectivity index is 1.62. The summed E-state index contributed by atoms with van der Waals surface area (Å²) < 4.78 is 42.5. The van der Waals surface area contributed by atoms with Crippen molar-refractivity contribution in [2.75, 3.05) is 11.4 Å². The average Bonchev–Trinajstić information content (AvgIpc) is 3.44. The second-order valence-electron chi connectivity index (χ2n) is 8.50. The van der Waals surface area contributed by atoms with Gasteiger partial charge in [0, 0.05) is 25.5 Å². The third kappa shape index (κ3) is 3.89. The van der Waals surface area contributed by atoms with Crippen molar-refractivity contribution in [2.24, 2.45) is 5.92 Å². The number of hydrogen-bond donors (Lipinski definition) is 0. The normalized spacial score (nSPS) is 19.1. The molecule has 0 bridgehead atoms. The quantitative estimate of drug-likeness (QED) is 0.603. The first-order valence-electron chi connectivity index (χ1n) is 10.7. The van der Waals surface area contributed by atoms with Gasteiger partial charge in [0.1, 0.15) is 12.4 Å². The Morgan fingerprint density at radius 2 is 1.84 bits per heavy atom. The van der Waals surface area contributed by atoms with Crippen LogP contribution in [-0.2, 0) is 13.1 Å². The monoisotopic (exact) mass is 445 g/mol. The van der Waals surface area contributed by atoms with Gasteiger partial charge in [0.05, 0.1) is 16.9 Å². The van der Waals surface area contributed by atoms with Gasteiger partial charge in [0.15, 0.2) is 5.82 Å². The molecule has 10 heteroatoms. The van der Waals surface area contributed by atoms with Crippen molar-refractivity contribution in [1.29, 1.82) is 0 Å². The molecule has 5 rings (SSSR count). The van der Waals surface area contributed by atoms with Crippen LogP contribution in [0, 0.1) is 5.92 Å². The molecule has 3 aromatic rings. The van der Waals surface area contributed by atoms with E-state index < -0.39 is 24.3 Å². The van der Waals surface area contributed by atoms with Crippen molar-refractivity contribution in [3.05, 3.63) is 63.2 Å². The third-order valence-electron chi connectivity index (χ3n) is 6.10. The van der Waals surface area contributed by atoms with E-state index in [9.17, 15) is 22.8 Å². The minimum atomic E-state index is -4.59. The van der Waals surface area contributed by atoms with Gasteiger partial charge >= 0.3 is 6.18 Å². The highest BCUT2D eigenvalue weighted by Gasteiger charge is 2.37. The molecule has 0 amide bonds. The molecule has 0 N–H and O–H groups in total. The van der Waals surface area contributed by atoms with Crippen molar-refractivity contribution in [3.63, 3.8) is 0 Å². The molecule has 0 radical (unpaired) electrons. The Morgan fingerprint density at radius 3 is 2.59 bits per heavy atom. The molecule has 1 aliphatic heterocycles. The fourth-order valence-corrected chi connectivity index (χ4v) is 4.42. The molecular formula is C22H22F3N5O2. The zero-order chi connectivity index (χ0) is 22.5. The van der Waals surface area contributed by atoms with Gasteiger partial charge < -0.3 is 9.47 Å². The Kier molecular flexibility index (Phi) is 5.02. The highest BCUT2D eigenvalue weighted by molar-refractivity contribution is 5.77. The molecule has 168 valence electrons. The largest absolute Gasteiger partial charge is 0.406 e. The number of anilines is 1. The standard InChI is InChI=1S/C22H22F3N5O2/c23-22(24,25)13-30-18(27-16-5-2-1-4-15(16)20(30)31)17-6-3-10-29(17)19-21(32)28(11-9-26-19)12-14-7-8-14/h1-2,4-5,9,11,14,17H,3,6-8,10,12-13H2. The Labute approximate surface area is 181 Å². The lowest BCUT2D eigenvalue weighted by Crippen LogP contribution is -2.38. The van der Waals surface area contributed by atoms with Crippen molar-refractivity contribution < 1.29 is 13.2 Å². The van der Waals surface area contributed by atoms with Crippen LogP contribution in [0.25, 0.3) is 10.9 Å². The molecule has 32 heavy (non-hydrogen) atoms. The number of fused-ring (bicyclic) bond motifs is 1. The highest BCUT2D eigenvalue weighted by Crippen LogP contribution is 2.34. The lowest BCUT2D eigenvalue weighted by atomic mass is 10.1. The maximum Gasteiger partial charge on any atom is 0.406 e. The predicted molar refractivity (Wildman–Crippen MR) is 113 cm³/mol. The first kappa shape index (κ1) is 20.7. The van der Waals surface area contributed by atoms with E-state index in [1.165, 1.54) is 6.07 Å². The number of alkyl halides is 3. The summed E-state index contributed by atoms with van der Waals surface area (Å²) in [5, 5.41) is 0.134. The summed E-state index contributed by atoms with van der Waals surface area (Å²) >= 11 is 0. The second-order valence-corrected chi connectivity index (χ2v) is 8.50. The summed E-state index contributed by atoms with van der Waals surface area (Å²) in [5.41, 5.74) is -0.663. The summed E-state index contributed by atoms with van der Waals surface area (Å²) in [5.74, 6) is 0.690. The number of rotatable bonds is 5. The Bertz CT molecular complexity index is 1280. The van der Waals surface area contributed by atoms with E-state index in [4.69, 9.17) is 0 Å². The summed E-state index contributed by atoms with van der Waals surface area (Å²) in [6.45, 7) is -0.369. The molecule has 1 saturated heterocycles. The summed E-state index contributed by atoms with van der Waals surface area (Å²) in [4.78, 5) is 36.5. The summed E-state index contributed by atoms with van der Waals surface area (Å²) in [6.07, 6.45) is 1.89. The summed E-state index contributed by atoms with van der Waals surface area (Å²) in [6, 6.07) is 5.73. The molecule has 1 atom stereocenters. The van der Waals surface area contributed by atoms with Crippen LogP contribution in [0.5, 0.6) is 0 Å². The molecule has 2 aliphatic rings. The molecule has 1 unspecified atom stereocenters. The van der Waals surface area contributed by atoms with Gasteiger partial charge in [-0.1, -0.05) is 12.1 Å². The minimum Gasteiger partial charge on any atom is -0.342 e. The van der Waals surface area contributed by atoms with Crippen LogP contribution in [0.1, 0.15) is 37.5 Å². The van der Waals surface area contributed by atoms with Crippen LogP contribution >= 0.6 is 0 Å². The molecule has 3 heterocycles. The van der Waals surface area contributed by atoms with Gasteiger partial charge in [-0.15, -0.1) is 0 Å². The van der Waals surface area contributed by atoms with E-state index in [0.717, 1.165) is 12.8 Å². The van der Waals surface area contributed by atoms with E-state index in [2.05, 4.69) is 9.97 Å². The lowest BCUT2D eigenvalue weighted by molar-refractivity contribution is -0.141. The van der Waals surface area contributed by atoms with Gasteiger partial charge in [-0.05, 0) is 43.7 Å². The van der Waals surface area contributed by atoms with E-state index in [0.29, 0.717) is 41.9 Å². The van der Waals surface area contributed by atoms with Crippen molar-refractivity contribution in [3.8, 4) is 0 Å². The smallest absolute Gasteiger partial charge is 0.342 e. The zero-order valence-electron chi connectivity index (χ0n) is 17.3. The van der Waals surface area contributed by atoms with E-state index in [1.54, 1.807) is 40.1 Å². The number of benzene rings is 1. The van der Waals surface area contributed by atoms with Crippen LogP contribution in [0.2, 0.25) is 0 Å². The predicted octanol–water partition coefficient (Wildman–Crippen LogP) is 3.27. The van der Waals surface area contributed by atoms with E-state index in [1.807, 2.05) is 0 Å². The van der Waals surface area contributed by atoms with Crippen LogP contribution in [0.15, 0.2) is 46.2 Å². The third-order valence-corrected chi connectivity index (χ3v) is 6.10. The SMILES string of the molecule is O=c1c(N2CCCC2c2nc3ccccc3c(=O)n2CC(F)(F)F)nccn1CC1CC1. The molecule has 1 saturated carbocycles. The van der Waals surface area contributed by atoms with Crippen LogP contribution in [-0.4, -0.2) is 31.8 Å². The van der Waals surface area contributed by atoms with Crippen molar-refractivity contribution >= 4 is 16.7 Å². The fourth-order valence-electron chi connectivity index (χ4n) is 4.42. The Morgan fingerprint density at radius 1 is 1.06 bits per heavy atom. The van der Waals surface area contributed by atoms with Crippen LogP contribution in [0.3, 0.4) is 0 Å². The number of nitrogens with zero attached hydrogens (tertiary/aromatic N) is 5.